The summed E-state index contributed by atoms with van der Waals surface area (Å²) in [5.74, 6) is 0. The van der Waals surface area contributed by atoms with Gasteiger partial charge in [-0.2, -0.15) is 0 Å². The average molecular weight is 191 g/mol. The van der Waals surface area contributed by atoms with E-state index in [1.54, 1.807) is 0 Å². The fourth-order valence-corrected chi connectivity index (χ4v) is 1.89. The first-order chi connectivity index (χ1) is 6.88. The quantitative estimate of drug-likeness (QED) is 0.788. The van der Waals surface area contributed by atoms with Gasteiger partial charge in [0.1, 0.15) is 0 Å². The van der Waals surface area contributed by atoms with E-state index < -0.39 is 0 Å². The van der Waals surface area contributed by atoms with Crippen molar-refractivity contribution < 1.29 is 0 Å². The minimum atomic E-state index is 0.996. The normalized spacial score (nSPS) is 17.2. The Hall–Kier alpha value is -1.09. The third-order valence-corrected chi connectivity index (χ3v) is 2.69. The summed E-state index contributed by atoms with van der Waals surface area (Å²) in [6.45, 7) is 3.45. The Kier molecular flexibility index (Phi) is 2.99. The topological polar surface area (TPSA) is 28.2 Å². The van der Waals surface area contributed by atoms with Crippen LogP contribution in [0.25, 0.3) is 0 Å². The Morgan fingerprint density at radius 2 is 2.21 bits per heavy atom. The Bertz CT molecular complexity index is 292. The smallest absolute Gasteiger partial charge is 0.0564 e. The van der Waals surface area contributed by atoms with Crippen molar-refractivity contribution in [3.63, 3.8) is 0 Å². The van der Waals surface area contributed by atoms with Crippen LogP contribution < -0.4 is 5.32 Å². The lowest BCUT2D eigenvalue weighted by molar-refractivity contribution is 0.327. The van der Waals surface area contributed by atoms with Crippen molar-refractivity contribution >= 4 is 5.69 Å². The maximum atomic E-state index is 4.37. The first kappa shape index (κ1) is 9.46. The van der Waals surface area contributed by atoms with Gasteiger partial charge in [-0.15, -0.1) is 0 Å². The van der Waals surface area contributed by atoms with Crippen LogP contribution in [0.3, 0.4) is 0 Å². The molecule has 3 heteroatoms. The standard InChI is InChI=1S/C11H17N3/c1-12-10-4-5-13-11(8-10)9-14-6-2-3-7-14/h4-5,8H,2-3,6-7,9H2,1H3,(H,12,13). The zero-order valence-corrected chi connectivity index (χ0v) is 8.66. The summed E-state index contributed by atoms with van der Waals surface area (Å²) in [6, 6.07) is 4.12. The number of aromatic nitrogens is 1. The first-order valence-electron chi connectivity index (χ1n) is 5.23. The van der Waals surface area contributed by atoms with Gasteiger partial charge in [-0.05, 0) is 38.1 Å². The van der Waals surface area contributed by atoms with Gasteiger partial charge in [0, 0.05) is 25.5 Å². The number of anilines is 1. The molecule has 0 bridgehead atoms. The molecule has 0 amide bonds. The van der Waals surface area contributed by atoms with Gasteiger partial charge in [0.05, 0.1) is 5.69 Å². The highest BCUT2D eigenvalue weighted by atomic mass is 15.1. The predicted molar refractivity (Wildman–Crippen MR) is 58.3 cm³/mol. The fraction of sp³-hybridized carbons (Fsp3) is 0.545. The molecule has 1 N–H and O–H groups in total. The maximum Gasteiger partial charge on any atom is 0.0564 e. The maximum absolute atomic E-state index is 4.37. The van der Waals surface area contributed by atoms with Crippen LogP contribution in [0.1, 0.15) is 18.5 Å². The molecule has 1 aromatic heterocycles. The first-order valence-corrected chi connectivity index (χ1v) is 5.23. The van der Waals surface area contributed by atoms with Crippen LogP contribution in [0.2, 0.25) is 0 Å². The molecule has 76 valence electrons. The summed E-state index contributed by atoms with van der Waals surface area (Å²) in [4.78, 5) is 6.83. The van der Waals surface area contributed by atoms with Crippen LogP contribution in [-0.2, 0) is 6.54 Å². The molecule has 0 atom stereocenters. The van der Waals surface area contributed by atoms with Crippen LogP contribution in [-0.4, -0.2) is 30.0 Å². The van der Waals surface area contributed by atoms with Crippen LogP contribution in [0.15, 0.2) is 18.3 Å². The molecule has 1 aliphatic rings. The van der Waals surface area contributed by atoms with Gasteiger partial charge < -0.3 is 5.32 Å². The SMILES string of the molecule is CNc1ccnc(CN2CCCC2)c1. The van der Waals surface area contributed by atoms with E-state index in [9.17, 15) is 0 Å². The van der Waals surface area contributed by atoms with E-state index in [-0.39, 0.29) is 0 Å². The van der Waals surface area contributed by atoms with E-state index in [1.165, 1.54) is 31.6 Å². The number of pyridine rings is 1. The number of likely N-dealkylation sites (tertiary alicyclic amines) is 1. The highest BCUT2D eigenvalue weighted by molar-refractivity contribution is 5.42. The van der Waals surface area contributed by atoms with Gasteiger partial charge in [-0.25, -0.2) is 0 Å². The number of hydrogen-bond acceptors (Lipinski definition) is 3. The Labute approximate surface area is 85.1 Å². The molecule has 1 aromatic rings. The largest absolute Gasteiger partial charge is 0.388 e. The molecule has 0 unspecified atom stereocenters. The minimum absolute atomic E-state index is 0.996. The lowest BCUT2D eigenvalue weighted by atomic mass is 10.3. The molecule has 0 radical (unpaired) electrons. The Balaban J connectivity index is 2.00. The van der Waals surface area contributed by atoms with Crippen LogP contribution in [0.4, 0.5) is 5.69 Å². The van der Waals surface area contributed by atoms with Crippen molar-refractivity contribution in [2.24, 2.45) is 0 Å². The monoisotopic (exact) mass is 191 g/mol. The summed E-state index contributed by atoms with van der Waals surface area (Å²) >= 11 is 0. The van der Waals surface area contributed by atoms with Gasteiger partial charge in [0.2, 0.25) is 0 Å². The zero-order chi connectivity index (χ0) is 9.80. The third-order valence-electron chi connectivity index (χ3n) is 2.69. The van der Waals surface area contributed by atoms with E-state index in [2.05, 4.69) is 21.3 Å². The molecule has 0 saturated carbocycles. The van der Waals surface area contributed by atoms with Crippen LogP contribution in [0.5, 0.6) is 0 Å². The van der Waals surface area contributed by atoms with E-state index >= 15 is 0 Å². The second kappa shape index (κ2) is 4.42. The number of nitrogens with zero attached hydrogens (tertiary/aromatic N) is 2. The second-order valence-corrected chi connectivity index (χ2v) is 3.77. The second-order valence-electron chi connectivity index (χ2n) is 3.77. The van der Waals surface area contributed by atoms with Crippen molar-refractivity contribution in [3.8, 4) is 0 Å². The summed E-state index contributed by atoms with van der Waals surface area (Å²) in [5.41, 5.74) is 2.31. The molecule has 2 heterocycles. The molecule has 3 nitrogen and oxygen atoms in total. The van der Waals surface area contributed by atoms with Crippen molar-refractivity contribution in [2.45, 2.75) is 19.4 Å². The van der Waals surface area contributed by atoms with E-state index in [1.807, 2.05) is 19.3 Å². The lowest BCUT2D eigenvalue weighted by Gasteiger charge is -2.14. The zero-order valence-electron chi connectivity index (χ0n) is 8.66. The lowest BCUT2D eigenvalue weighted by Crippen LogP contribution is -2.19. The molecule has 1 aliphatic heterocycles. The molecule has 0 aliphatic carbocycles. The summed E-state index contributed by atoms with van der Waals surface area (Å²) < 4.78 is 0. The summed E-state index contributed by atoms with van der Waals surface area (Å²) in [6.07, 6.45) is 4.55. The van der Waals surface area contributed by atoms with E-state index in [4.69, 9.17) is 0 Å². The molecule has 0 aromatic carbocycles. The summed E-state index contributed by atoms with van der Waals surface area (Å²) in [7, 11) is 1.94. The van der Waals surface area contributed by atoms with Crippen molar-refractivity contribution in [3.05, 3.63) is 24.0 Å². The highest BCUT2D eigenvalue weighted by Crippen LogP contribution is 2.13. The predicted octanol–water partition coefficient (Wildman–Crippen LogP) is 1.72. The van der Waals surface area contributed by atoms with E-state index in [0.717, 1.165) is 12.2 Å². The minimum Gasteiger partial charge on any atom is -0.388 e. The van der Waals surface area contributed by atoms with Crippen molar-refractivity contribution in [2.75, 3.05) is 25.5 Å². The van der Waals surface area contributed by atoms with Crippen molar-refractivity contribution in [1.29, 1.82) is 0 Å². The van der Waals surface area contributed by atoms with E-state index in [0.29, 0.717) is 0 Å². The number of nitrogens with one attached hydrogen (secondary N) is 1. The van der Waals surface area contributed by atoms with Crippen LogP contribution in [0, 0.1) is 0 Å². The molecule has 2 rings (SSSR count). The fourth-order valence-electron chi connectivity index (χ4n) is 1.89. The summed E-state index contributed by atoms with van der Waals surface area (Å²) in [5, 5.41) is 3.13. The van der Waals surface area contributed by atoms with Gasteiger partial charge in [-0.1, -0.05) is 0 Å². The molecule has 1 saturated heterocycles. The molecule has 1 fully saturated rings. The van der Waals surface area contributed by atoms with Gasteiger partial charge >= 0.3 is 0 Å². The van der Waals surface area contributed by atoms with Gasteiger partial charge in [-0.3, -0.25) is 9.88 Å². The molecule has 14 heavy (non-hydrogen) atoms. The Morgan fingerprint density at radius 1 is 1.43 bits per heavy atom. The van der Waals surface area contributed by atoms with Crippen LogP contribution >= 0.6 is 0 Å². The van der Waals surface area contributed by atoms with Gasteiger partial charge in [0.15, 0.2) is 0 Å². The third kappa shape index (κ3) is 2.23. The average Bonchev–Trinajstić information content (AvgIpc) is 2.71. The van der Waals surface area contributed by atoms with Crippen molar-refractivity contribution in [1.82, 2.24) is 9.88 Å². The van der Waals surface area contributed by atoms with Gasteiger partial charge in [0.25, 0.3) is 0 Å². The molecule has 0 spiro atoms. The highest BCUT2D eigenvalue weighted by Gasteiger charge is 2.12. The number of hydrogen-bond donors (Lipinski definition) is 1. The molecular weight excluding hydrogens is 174 g/mol. The number of rotatable bonds is 3. The Morgan fingerprint density at radius 3 is 2.93 bits per heavy atom. The molecular formula is C11H17N3.